The number of unbranched alkanes of at least 4 members (excludes halogenated alkanes) is 1. The van der Waals surface area contributed by atoms with E-state index in [9.17, 15) is 0 Å². The molecule has 94 valence electrons. The molecule has 6 nitrogen and oxygen atoms in total. The fourth-order valence-corrected chi connectivity index (χ4v) is 1.93. The predicted octanol–water partition coefficient (Wildman–Crippen LogP) is 0.429. The van der Waals surface area contributed by atoms with E-state index in [0.717, 1.165) is 50.4 Å². The second-order valence-corrected chi connectivity index (χ2v) is 4.27. The molecule has 0 bridgehead atoms. The van der Waals surface area contributed by atoms with Crippen molar-refractivity contribution in [2.24, 2.45) is 10.7 Å². The molecule has 0 atom stereocenters. The molecule has 0 amide bonds. The van der Waals surface area contributed by atoms with Crippen molar-refractivity contribution in [3.63, 3.8) is 0 Å². The highest BCUT2D eigenvalue weighted by molar-refractivity contribution is 5.77. The van der Waals surface area contributed by atoms with Crippen LogP contribution in [0.4, 0.5) is 0 Å². The maximum atomic E-state index is 5.76. The summed E-state index contributed by atoms with van der Waals surface area (Å²) < 4.78 is 2.14. The summed E-state index contributed by atoms with van der Waals surface area (Å²) in [6, 6.07) is 0. The number of hydrogen-bond acceptors (Lipinski definition) is 3. The van der Waals surface area contributed by atoms with Gasteiger partial charge in [-0.1, -0.05) is 13.3 Å². The number of guanidine groups is 1. The topological polar surface area (TPSA) is 81.1 Å². The van der Waals surface area contributed by atoms with E-state index in [0.29, 0.717) is 12.5 Å². The van der Waals surface area contributed by atoms with Gasteiger partial charge in [-0.15, -0.1) is 10.2 Å². The Balaban J connectivity index is 1.86. The molecular weight excluding hydrogens is 216 g/mol. The van der Waals surface area contributed by atoms with Crippen LogP contribution >= 0.6 is 0 Å². The Morgan fingerprint density at radius 1 is 1.53 bits per heavy atom. The Labute approximate surface area is 101 Å². The molecule has 2 rings (SSSR count). The lowest BCUT2D eigenvalue weighted by Crippen LogP contribution is -2.32. The number of nitrogens with one attached hydrogen (secondary N) is 1. The molecule has 2 heterocycles. The molecule has 17 heavy (non-hydrogen) atoms. The maximum absolute atomic E-state index is 5.76. The Hall–Kier alpha value is -1.59. The molecule has 0 radical (unpaired) electrons. The summed E-state index contributed by atoms with van der Waals surface area (Å²) in [5, 5.41) is 11.3. The van der Waals surface area contributed by atoms with Crippen LogP contribution in [-0.2, 0) is 19.5 Å². The zero-order valence-electron chi connectivity index (χ0n) is 10.3. The van der Waals surface area contributed by atoms with Crippen molar-refractivity contribution in [3.05, 3.63) is 11.6 Å². The number of aliphatic imine (C=N–C) groups is 1. The van der Waals surface area contributed by atoms with E-state index in [1.807, 2.05) is 0 Å². The summed E-state index contributed by atoms with van der Waals surface area (Å²) in [5.41, 5.74) is 5.76. The van der Waals surface area contributed by atoms with Gasteiger partial charge in [-0.05, 0) is 12.8 Å². The third-order valence-corrected chi connectivity index (χ3v) is 2.91. The van der Waals surface area contributed by atoms with Gasteiger partial charge in [0.25, 0.3) is 0 Å². The van der Waals surface area contributed by atoms with E-state index in [1.165, 1.54) is 0 Å². The van der Waals surface area contributed by atoms with E-state index in [1.54, 1.807) is 0 Å². The van der Waals surface area contributed by atoms with Gasteiger partial charge in [-0.3, -0.25) is 0 Å². The number of nitrogens with two attached hydrogens (primary N) is 1. The molecule has 0 unspecified atom stereocenters. The molecule has 0 aromatic carbocycles. The summed E-state index contributed by atoms with van der Waals surface area (Å²) in [4.78, 5) is 4.28. The molecule has 0 fully saturated rings. The summed E-state index contributed by atoms with van der Waals surface area (Å²) >= 11 is 0. The van der Waals surface area contributed by atoms with Crippen molar-refractivity contribution >= 4 is 5.96 Å². The zero-order chi connectivity index (χ0) is 12.1. The highest BCUT2D eigenvalue weighted by Gasteiger charge is 2.16. The number of nitrogens with zero attached hydrogens (tertiary/aromatic N) is 4. The number of aryl methyl sites for hydroxylation is 1. The van der Waals surface area contributed by atoms with Crippen LogP contribution in [0.25, 0.3) is 0 Å². The van der Waals surface area contributed by atoms with Crippen molar-refractivity contribution < 1.29 is 0 Å². The van der Waals surface area contributed by atoms with E-state index < -0.39 is 0 Å². The fraction of sp³-hybridized carbons (Fsp3) is 0.727. The summed E-state index contributed by atoms with van der Waals surface area (Å²) in [7, 11) is 0. The fourth-order valence-electron chi connectivity index (χ4n) is 1.93. The van der Waals surface area contributed by atoms with Crippen molar-refractivity contribution in [2.45, 2.75) is 45.7 Å². The minimum Gasteiger partial charge on any atom is -0.370 e. The molecule has 0 saturated carbocycles. The van der Waals surface area contributed by atoms with Crippen molar-refractivity contribution in [3.8, 4) is 0 Å². The molecule has 1 aliphatic rings. The average molecular weight is 236 g/mol. The van der Waals surface area contributed by atoms with Gasteiger partial charge in [-0.2, -0.15) is 0 Å². The van der Waals surface area contributed by atoms with E-state index in [2.05, 4.69) is 32.0 Å². The van der Waals surface area contributed by atoms with Gasteiger partial charge >= 0.3 is 0 Å². The SMILES string of the molecule is CCCCNC(N)=NCc1nnc2n1CCC2. The van der Waals surface area contributed by atoms with Crippen LogP contribution < -0.4 is 11.1 Å². The van der Waals surface area contributed by atoms with Gasteiger partial charge in [0, 0.05) is 19.5 Å². The first-order chi connectivity index (χ1) is 8.31. The summed E-state index contributed by atoms with van der Waals surface area (Å²) in [6.45, 7) is 4.55. The molecule has 1 aromatic heterocycles. The minimum absolute atomic E-state index is 0.494. The second kappa shape index (κ2) is 5.65. The Kier molecular flexibility index (Phi) is 3.95. The van der Waals surface area contributed by atoms with Crippen LogP contribution in [0.2, 0.25) is 0 Å². The normalized spacial score (nSPS) is 15.0. The first-order valence-electron chi connectivity index (χ1n) is 6.26. The monoisotopic (exact) mass is 236 g/mol. The Bertz CT molecular complexity index is 395. The van der Waals surface area contributed by atoms with Crippen LogP contribution in [0.15, 0.2) is 4.99 Å². The number of fused-ring (bicyclic) bond motifs is 1. The van der Waals surface area contributed by atoms with Gasteiger partial charge in [0.1, 0.15) is 12.4 Å². The highest BCUT2D eigenvalue weighted by Crippen LogP contribution is 2.14. The lowest BCUT2D eigenvalue weighted by Gasteiger charge is -2.04. The molecule has 0 aliphatic carbocycles. The third-order valence-electron chi connectivity index (χ3n) is 2.91. The van der Waals surface area contributed by atoms with Crippen molar-refractivity contribution in [2.75, 3.05) is 6.54 Å². The predicted molar refractivity (Wildman–Crippen MR) is 66.6 cm³/mol. The summed E-state index contributed by atoms with van der Waals surface area (Å²) in [5.74, 6) is 2.49. The van der Waals surface area contributed by atoms with Crippen LogP contribution in [0.3, 0.4) is 0 Å². The van der Waals surface area contributed by atoms with Gasteiger partial charge in [0.05, 0.1) is 0 Å². The number of rotatable bonds is 5. The second-order valence-electron chi connectivity index (χ2n) is 4.27. The lowest BCUT2D eigenvalue weighted by atomic mass is 10.3. The molecule has 6 heteroatoms. The molecule has 1 aromatic rings. The van der Waals surface area contributed by atoms with Crippen LogP contribution in [0.5, 0.6) is 0 Å². The maximum Gasteiger partial charge on any atom is 0.189 e. The van der Waals surface area contributed by atoms with E-state index in [4.69, 9.17) is 5.73 Å². The minimum atomic E-state index is 0.494. The van der Waals surface area contributed by atoms with Gasteiger partial charge < -0.3 is 15.6 Å². The zero-order valence-corrected chi connectivity index (χ0v) is 10.3. The van der Waals surface area contributed by atoms with E-state index in [-0.39, 0.29) is 0 Å². The average Bonchev–Trinajstić information content (AvgIpc) is 2.89. The van der Waals surface area contributed by atoms with Crippen molar-refractivity contribution in [1.29, 1.82) is 0 Å². The van der Waals surface area contributed by atoms with Crippen LogP contribution in [0.1, 0.15) is 37.8 Å². The van der Waals surface area contributed by atoms with Gasteiger partial charge in [0.2, 0.25) is 0 Å². The van der Waals surface area contributed by atoms with Crippen LogP contribution in [-0.4, -0.2) is 27.3 Å². The standard InChI is InChI=1S/C11H20N6/c1-2-3-6-13-11(12)14-8-10-16-15-9-5-4-7-17(9)10/h2-8H2,1H3,(H3,12,13,14). The summed E-state index contributed by atoms with van der Waals surface area (Å²) in [6.07, 6.45) is 4.45. The van der Waals surface area contributed by atoms with Gasteiger partial charge in [-0.25, -0.2) is 4.99 Å². The Morgan fingerprint density at radius 3 is 3.24 bits per heavy atom. The highest BCUT2D eigenvalue weighted by atomic mass is 15.3. The molecule has 0 saturated heterocycles. The lowest BCUT2D eigenvalue weighted by molar-refractivity contribution is 0.685. The molecule has 1 aliphatic heterocycles. The smallest absolute Gasteiger partial charge is 0.189 e. The van der Waals surface area contributed by atoms with E-state index >= 15 is 0 Å². The molecule has 0 spiro atoms. The van der Waals surface area contributed by atoms with Crippen molar-refractivity contribution in [1.82, 2.24) is 20.1 Å². The first-order valence-corrected chi connectivity index (χ1v) is 6.26. The number of aromatic nitrogens is 3. The number of hydrogen-bond donors (Lipinski definition) is 2. The van der Waals surface area contributed by atoms with Crippen LogP contribution in [0, 0.1) is 0 Å². The quantitative estimate of drug-likeness (QED) is 0.441. The Morgan fingerprint density at radius 2 is 2.41 bits per heavy atom. The molecular formula is C11H20N6. The first kappa shape index (κ1) is 11.9. The van der Waals surface area contributed by atoms with Gasteiger partial charge in [0.15, 0.2) is 11.8 Å². The third kappa shape index (κ3) is 2.95. The molecule has 3 N–H and O–H groups in total. The largest absolute Gasteiger partial charge is 0.370 e.